The molecule has 1 saturated carbocycles. The number of nitrogens with zero attached hydrogens (tertiary/aromatic N) is 1. The van der Waals surface area contributed by atoms with E-state index in [0.29, 0.717) is 22.4 Å². The van der Waals surface area contributed by atoms with Crippen LogP contribution in [-0.2, 0) is 10.2 Å². The van der Waals surface area contributed by atoms with Gasteiger partial charge in [0.2, 0.25) is 0 Å². The molecule has 1 amide bonds. The van der Waals surface area contributed by atoms with Crippen LogP contribution in [0.1, 0.15) is 64.0 Å². The van der Waals surface area contributed by atoms with E-state index in [2.05, 4.69) is 32.9 Å². The summed E-state index contributed by atoms with van der Waals surface area (Å²) in [7, 11) is 0. The summed E-state index contributed by atoms with van der Waals surface area (Å²) in [6, 6.07) is 16.3. The van der Waals surface area contributed by atoms with Gasteiger partial charge in [0.15, 0.2) is 0 Å². The van der Waals surface area contributed by atoms with E-state index in [9.17, 15) is 4.79 Å². The summed E-state index contributed by atoms with van der Waals surface area (Å²) in [6.07, 6.45) is 7.61. The van der Waals surface area contributed by atoms with Gasteiger partial charge in [0.05, 0.1) is 4.91 Å². The standard InChI is InChI=1S/C28H33NO3S2/c1-28(2,3)21-12-14-23(15-13-21)31-16-17-32-24-11-7-8-20(18-24)19-25-26(30)29(27(33)34-25)22-9-5-4-6-10-22/h7-8,11-15,18-19,22H,4-6,9-10,16-17H2,1-3H3/b25-19+. The Morgan fingerprint density at radius 2 is 1.68 bits per heavy atom. The van der Waals surface area contributed by atoms with Crippen molar-refractivity contribution in [2.75, 3.05) is 13.2 Å². The zero-order chi connectivity index (χ0) is 24.1. The average Bonchev–Trinajstić information content (AvgIpc) is 3.10. The second-order valence-corrected chi connectivity index (χ2v) is 11.6. The number of benzene rings is 2. The summed E-state index contributed by atoms with van der Waals surface area (Å²) in [6.45, 7) is 7.49. The molecular weight excluding hydrogens is 462 g/mol. The Hall–Kier alpha value is -2.31. The Morgan fingerprint density at radius 3 is 2.35 bits per heavy atom. The lowest BCUT2D eigenvalue weighted by molar-refractivity contribution is -0.124. The van der Waals surface area contributed by atoms with Crippen molar-refractivity contribution < 1.29 is 14.3 Å². The lowest BCUT2D eigenvalue weighted by atomic mass is 9.87. The fraction of sp³-hybridized carbons (Fsp3) is 0.429. The highest BCUT2D eigenvalue weighted by Crippen LogP contribution is 2.37. The minimum atomic E-state index is 0.0408. The molecule has 4 nitrogen and oxygen atoms in total. The molecule has 0 bridgehead atoms. The van der Waals surface area contributed by atoms with Crippen LogP contribution in [0.2, 0.25) is 0 Å². The third kappa shape index (κ3) is 6.22. The summed E-state index contributed by atoms with van der Waals surface area (Å²) < 4.78 is 12.4. The summed E-state index contributed by atoms with van der Waals surface area (Å²) in [5.41, 5.74) is 2.34. The maximum Gasteiger partial charge on any atom is 0.266 e. The number of thioether (sulfide) groups is 1. The molecule has 1 aliphatic carbocycles. The van der Waals surface area contributed by atoms with E-state index in [1.165, 1.54) is 36.6 Å². The van der Waals surface area contributed by atoms with Gasteiger partial charge in [-0.05, 0) is 59.7 Å². The molecule has 4 rings (SSSR count). The van der Waals surface area contributed by atoms with Crippen LogP contribution in [0.3, 0.4) is 0 Å². The molecule has 180 valence electrons. The molecular formula is C28H33NO3S2. The molecule has 2 fully saturated rings. The number of rotatable bonds is 7. The lowest BCUT2D eigenvalue weighted by Crippen LogP contribution is -2.39. The maximum atomic E-state index is 13.0. The Morgan fingerprint density at radius 1 is 1.00 bits per heavy atom. The van der Waals surface area contributed by atoms with E-state index in [1.807, 2.05) is 47.4 Å². The zero-order valence-corrected chi connectivity index (χ0v) is 21.8. The number of hydrogen-bond acceptors (Lipinski definition) is 5. The maximum absolute atomic E-state index is 13.0. The monoisotopic (exact) mass is 495 g/mol. The van der Waals surface area contributed by atoms with Gasteiger partial charge in [0.25, 0.3) is 5.91 Å². The van der Waals surface area contributed by atoms with E-state index >= 15 is 0 Å². The molecule has 34 heavy (non-hydrogen) atoms. The summed E-state index contributed by atoms with van der Waals surface area (Å²) in [5, 5.41) is 0. The number of ether oxygens (including phenoxy) is 2. The molecule has 1 saturated heterocycles. The smallest absolute Gasteiger partial charge is 0.266 e. The highest BCUT2D eigenvalue weighted by Gasteiger charge is 2.37. The molecule has 0 atom stereocenters. The van der Waals surface area contributed by atoms with Gasteiger partial charge in [-0.2, -0.15) is 0 Å². The number of thiocarbonyl (C=S) groups is 1. The molecule has 1 aliphatic heterocycles. The van der Waals surface area contributed by atoms with Crippen LogP contribution >= 0.6 is 24.0 Å². The minimum Gasteiger partial charge on any atom is -0.490 e. The quantitative estimate of drug-likeness (QED) is 0.235. The lowest BCUT2D eigenvalue weighted by Gasteiger charge is -2.29. The molecule has 0 N–H and O–H groups in total. The van der Waals surface area contributed by atoms with Crippen molar-refractivity contribution in [1.29, 1.82) is 0 Å². The van der Waals surface area contributed by atoms with Crippen LogP contribution in [0, 0.1) is 0 Å². The molecule has 2 aliphatic rings. The van der Waals surface area contributed by atoms with Crippen molar-refractivity contribution in [2.45, 2.75) is 64.3 Å². The van der Waals surface area contributed by atoms with Crippen molar-refractivity contribution >= 4 is 40.3 Å². The van der Waals surface area contributed by atoms with Gasteiger partial charge >= 0.3 is 0 Å². The molecule has 0 unspecified atom stereocenters. The van der Waals surface area contributed by atoms with E-state index in [4.69, 9.17) is 21.7 Å². The normalized spacial score (nSPS) is 18.6. The van der Waals surface area contributed by atoms with Crippen LogP contribution in [0.5, 0.6) is 11.5 Å². The SMILES string of the molecule is CC(C)(C)c1ccc(OCCOc2cccc(/C=C3/SC(=S)N(C4CCCCC4)C3=O)c2)cc1. The Kier molecular flexibility index (Phi) is 7.99. The van der Waals surface area contributed by atoms with E-state index < -0.39 is 0 Å². The van der Waals surface area contributed by atoms with Crippen molar-refractivity contribution in [1.82, 2.24) is 4.90 Å². The number of carbonyl (C=O) groups excluding carboxylic acids is 1. The van der Waals surface area contributed by atoms with Gasteiger partial charge in [-0.15, -0.1) is 0 Å². The van der Waals surface area contributed by atoms with Crippen LogP contribution in [0.15, 0.2) is 53.4 Å². The first kappa shape index (κ1) is 24.8. The fourth-order valence-corrected chi connectivity index (χ4v) is 5.75. The highest BCUT2D eigenvalue weighted by molar-refractivity contribution is 8.26. The van der Waals surface area contributed by atoms with Crippen LogP contribution in [0.25, 0.3) is 6.08 Å². The topological polar surface area (TPSA) is 38.8 Å². The van der Waals surface area contributed by atoms with Gasteiger partial charge in [-0.1, -0.05) is 88.3 Å². The molecule has 1 heterocycles. The predicted molar refractivity (Wildman–Crippen MR) is 144 cm³/mol. The van der Waals surface area contributed by atoms with Gasteiger partial charge < -0.3 is 9.47 Å². The van der Waals surface area contributed by atoms with Gasteiger partial charge in [-0.3, -0.25) is 9.69 Å². The van der Waals surface area contributed by atoms with Crippen LogP contribution in [0.4, 0.5) is 0 Å². The first-order valence-electron chi connectivity index (χ1n) is 12.0. The molecule has 2 aromatic rings. The largest absolute Gasteiger partial charge is 0.490 e. The van der Waals surface area contributed by atoms with Crippen molar-refractivity contribution in [3.8, 4) is 11.5 Å². The first-order chi connectivity index (χ1) is 16.3. The number of carbonyl (C=O) groups is 1. The van der Waals surface area contributed by atoms with Crippen molar-refractivity contribution in [3.63, 3.8) is 0 Å². The molecule has 0 radical (unpaired) electrons. The fourth-order valence-electron chi connectivity index (χ4n) is 4.35. The van der Waals surface area contributed by atoms with E-state index in [-0.39, 0.29) is 17.4 Å². The molecule has 6 heteroatoms. The van der Waals surface area contributed by atoms with Crippen LogP contribution < -0.4 is 9.47 Å². The molecule has 0 spiro atoms. The molecule has 2 aromatic carbocycles. The third-order valence-electron chi connectivity index (χ3n) is 6.26. The first-order valence-corrected chi connectivity index (χ1v) is 13.3. The Labute approximate surface area is 212 Å². The Bertz CT molecular complexity index is 1050. The number of hydrogen-bond donors (Lipinski definition) is 0. The van der Waals surface area contributed by atoms with Crippen LogP contribution in [-0.4, -0.2) is 34.4 Å². The summed E-state index contributed by atoms with van der Waals surface area (Å²) in [5.74, 6) is 1.63. The Balaban J connectivity index is 1.31. The van der Waals surface area contributed by atoms with Gasteiger partial charge in [0.1, 0.15) is 29.0 Å². The zero-order valence-electron chi connectivity index (χ0n) is 20.2. The second-order valence-electron chi connectivity index (χ2n) is 9.89. The van der Waals surface area contributed by atoms with E-state index in [1.54, 1.807) is 0 Å². The van der Waals surface area contributed by atoms with E-state index in [0.717, 1.165) is 29.9 Å². The van der Waals surface area contributed by atoms with Crippen molar-refractivity contribution in [3.05, 3.63) is 64.6 Å². The molecule has 0 aromatic heterocycles. The number of amides is 1. The van der Waals surface area contributed by atoms with Gasteiger partial charge in [-0.25, -0.2) is 0 Å². The summed E-state index contributed by atoms with van der Waals surface area (Å²) in [4.78, 5) is 15.6. The van der Waals surface area contributed by atoms with Crippen molar-refractivity contribution in [2.24, 2.45) is 0 Å². The second kappa shape index (κ2) is 11.0. The van der Waals surface area contributed by atoms with Gasteiger partial charge in [0, 0.05) is 6.04 Å². The third-order valence-corrected chi connectivity index (χ3v) is 7.59. The summed E-state index contributed by atoms with van der Waals surface area (Å²) >= 11 is 6.95. The minimum absolute atomic E-state index is 0.0408. The highest BCUT2D eigenvalue weighted by atomic mass is 32.2. The average molecular weight is 496 g/mol. The predicted octanol–water partition coefficient (Wildman–Crippen LogP) is 6.98.